The fraction of sp³-hybridized carbons (Fsp3) is 0.533. The number of aliphatic hydroxyl groups is 1. The van der Waals surface area contributed by atoms with Crippen molar-refractivity contribution in [2.45, 2.75) is 37.6 Å². The lowest BCUT2D eigenvalue weighted by molar-refractivity contribution is -0.122. The molecule has 0 heterocycles. The molecule has 0 fully saturated rings. The highest BCUT2D eigenvalue weighted by molar-refractivity contribution is 7.99. The second-order valence-electron chi connectivity index (χ2n) is 4.78. The lowest BCUT2D eigenvalue weighted by Gasteiger charge is -2.19. The average molecular weight is 281 g/mol. The van der Waals surface area contributed by atoms with E-state index in [0.717, 1.165) is 12.2 Å². The highest BCUT2D eigenvalue weighted by Gasteiger charge is 2.13. The quantitative estimate of drug-likeness (QED) is 0.569. The molecular formula is C15H23NO2S. The number of thioether (sulfide) groups is 1. The summed E-state index contributed by atoms with van der Waals surface area (Å²) >= 11 is 1.77. The Kier molecular flexibility index (Phi) is 7.60. The van der Waals surface area contributed by atoms with E-state index in [1.165, 1.54) is 4.90 Å². The number of aliphatic hydroxyl groups excluding tert-OH is 1. The van der Waals surface area contributed by atoms with Crippen molar-refractivity contribution in [2.75, 3.05) is 12.4 Å². The molecule has 1 rings (SSSR count). The number of amides is 1. The molecular weight excluding hydrogens is 258 g/mol. The second-order valence-corrected chi connectivity index (χ2v) is 5.95. The molecule has 0 aromatic heterocycles. The van der Waals surface area contributed by atoms with Crippen LogP contribution in [0.5, 0.6) is 0 Å². The molecule has 1 amide bonds. The number of rotatable bonds is 8. The summed E-state index contributed by atoms with van der Waals surface area (Å²) < 4.78 is 0. The third kappa shape index (κ3) is 6.64. The molecule has 0 saturated heterocycles. The monoisotopic (exact) mass is 281 g/mol. The van der Waals surface area contributed by atoms with Gasteiger partial charge in [-0.1, -0.05) is 25.1 Å². The van der Waals surface area contributed by atoms with E-state index in [1.54, 1.807) is 11.8 Å². The van der Waals surface area contributed by atoms with Crippen molar-refractivity contribution < 1.29 is 9.90 Å². The topological polar surface area (TPSA) is 49.3 Å². The third-order valence-electron chi connectivity index (χ3n) is 3.09. The Balaban J connectivity index is 2.14. The zero-order chi connectivity index (χ0) is 14.1. The van der Waals surface area contributed by atoms with E-state index in [4.69, 9.17) is 5.11 Å². The van der Waals surface area contributed by atoms with Gasteiger partial charge in [0.15, 0.2) is 0 Å². The van der Waals surface area contributed by atoms with Gasteiger partial charge in [0.05, 0.1) is 0 Å². The minimum Gasteiger partial charge on any atom is -0.396 e. The molecule has 0 radical (unpaired) electrons. The van der Waals surface area contributed by atoms with Crippen LogP contribution >= 0.6 is 11.8 Å². The molecule has 106 valence electrons. The standard InChI is InChI=1S/C15H23NO2S/c1-12(11-17)13(2)16-15(18)9-6-10-19-14-7-4-3-5-8-14/h3-5,7-8,12-13,17H,6,9-11H2,1-2H3,(H,16,18). The van der Waals surface area contributed by atoms with Gasteiger partial charge in [-0.2, -0.15) is 0 Å². The van der Waals surface area contributed by atoms with Crippen molar-refractivity contribution in [3.8, 4) is 0 Å². The summed E-state index contributed by atoms with van der Waals surface area (Å²) in [5.41, 5.74) is 0. The minimum absolute atomic E-state index is 0.0271. The van der Waals surface area contributed by atoms with Crippen LogP contribution in [0.15, 0.2) is 35.2 Å². The van der Waals surface area contributed by atoms with Crippen LogP contribution in [0.4, 0.5) is 0 Å². The van der Waals surface area contributed by atoms with Gasteiger partial charge >= 0.3 is 0 Å². The lowest BCUT2D eigenvalue weighted by Crippen LogP contribution is -2.38. The maximum atomic E-state index is 11.7. The molecule has 0 aliphatic carbocycles. The smallest absolute Gasteiger partial charge is 0.220 e. The Labute approximate surface area is 119 Å². The van der Waals surface area contributed by atoms with Crippen LogP contribution in [0, 0.1) is 5.92 Å². The first-order valence-corrected chi connectivity index (χ1v) is 7.70. The summed E-state index contributed by atoms with van der Waals surface area (Å²) in [6.45, 7) is 3.96. The summed E-state index contributed by atoms with van der Waals surface area (Å²) in [5, 5.41) is 11.9. The van der Waals surface area contributed by atoms with Gasteiger partial charge in [0.2, 0.25) is 5.91 Å². The first kappa shape index (κ1) is 16.1. The molecule has 4 heteroatoms. The number of carbonyl (C=O) groups is 1. The van der Waals surface area contributed by atoms with Crippen LogP contribution in [0.3, 0.4) is 0 Å². The normalized spacial score (nSPS) is 13.8. The van der Waals surface area contributed by atoms with Crippen molar-refractivity contribution in [3.05, 3.63) is 30.3 Å². The Morgan fingerprint density at radius 2 is 2.00 bits per heavy atom. The van der Waals surface area contributed by atoms with E-state index in [9.17, 15) is 4.79 Å². The molecule has 0 aliphatic rings. The zero-order valence-corrected chi connectivity index (χ0v) is 12.5. The van der Waals surface area contributed by atoms with Gasteiger partial charge in [0, 0.05) is 24.0 Å². The molecule has 0 aliphatic heterocycles. The van der Waals surface area contributed by atoms with Crippen molar-refractivity contribution in [1.29, 1.82) is 0 Å². The van der Waals surface area contributed by atoms with Crippen LogP contribution in [-0.4, -0.2) is 29.4 Å². The summed E-state index contributed by atoms with van der Waals surface area (Å²) in [6, 6.07) is 10.2. The van der Waals surface area contributed by atoms with Crippen molar-refractivity contribution in [2.24, 2.45) is 5.92 Å². The molecule has 19 heavy (non-hydrogen) atoms. The Hall–Kier alpha value is -1.00. The van der Waals surface area contributed by atoms with Crippen molar-refractivity contribution in [3.63, 3.8) is 0 Å². The fourth-order valence-electron chi connectivity index (χ4n) is 1.57. The minimum atomic E-state index is 0.0271. The number of nitrogens with one attached hydrogen (secondary N) is 1. The van der Waals surface area contributed by atoms with Crippen LogP contribution in [0.2, 0.25) is 0 Å². The molecule has 1 aromatic rings. The van der Waals surface area contributed by atoms with Crippen molar-refractivity contribution >= 4 is 17.7 Å². The first-order valence-electron chi connectivity index (χ1n) is 6.71. The zero-order valence-electron chi connectivity index (χ0n) is 11.6. The van der Waals surface area contributed by atoms with Gasteiger partial charge in [0.1, 0.15) is 0 Å². The summed E-state index contributed by atoms with van der Waals surface area (Å²) in [4.78, 5) is 12.9. The molecule has 1 aromatic carbocycles. The van der Waals surface area contributed by atoms with Crippen LogP contribution in [-0.2, 0) is 4.79 Å². The first-order chi connectivity index (χ1) is 9.13. The predicted molar refractivity (Wildman–Crippen MR) is 80.3 cm³/mol. The number of hydrogen-bond donors (Lipinski definition) is 2. The molecule has 0 saturated carbocycles. The largest absolute Gasteiger partial charge is 0.396 e. The Morgan fingerprint density at radius 3 is 2.63 bits per heavy atom. The van der Waals surface area contributed by atoms with Crippen LogP contribution in [0.1, 0.15) is 26.7 Å². The lowest BCUT2D eigenvalue weighted by atomic mass is 10.1. The summed E-state index contributed by atoms with van der Waals surface area (Å²) in [5.74, 6) is 1.12. The molecule has 2 atom stereocenters. The molecule has 0 bridgehead atoms. The highest BCUT2D eigenvalue weighted by Crippen LogP contribution is 2.18. The SMILES string of the molecule is CC(CO)C(C)NC(=O)CCCSc1ccccc1. The Bertz CT molecular complexity index is 370. The Morgan fingerprint density at radius 1 is 1.32 bits per heavy atom. The van der Waals surface area contributed by atoms with Crippen LogP contribution in [0.25, 0.3) is 0 Å². The molecule has 3 nitrogen and oxygen atoms in total. The number of benzene rings is 1. The van der Waals surface area contributed by atoms with E-state index in [0.29, 0.717) is 6.42 Å². The highest BCUT2D eigenvalue weighted by atomic mass is 32.2. The molecule has 0 spiro atoms. The fourth-order valence-corrected chi connectivity index (χ4v) is 2.44. The van der Waals surface area contributed by atoms with Gasteiger partial charge in [0.25, 0.3) is 0 Å². The van der Waals surface area contributed by atoms with E-state index >= 15 is 0 Å². The number of hydrogen-bond acceptors (Lipinski definition) is 3. The van der Waals surface area contributed by atoms with E-state index in [1.807, 2.05) is 32.0 Å². The third-order valence-corrected chi connectivity index (χ3v) is 4.19. The summed E-state index contributed by atoms with van der Waals surface area (Å²) in [7, 11) is 0. The van der Waals surface area contributed by atoms with Gasteiger partial charge < -0.3 is 10.4 Å². The van der Waals surface area contributed by atoms with Crippen LogP contribution < -0.4 is 5.32 Å². The predicted octanol–water partition coefficient (Wildman–Crippen LogP) is 2.69. The average Bonchev–Trinajstić information content (AvgIpc) is 2.43. The van der Waals surface area contributed by atoms with E-state index in [-0.39, 0.29) is 24.5 Å². The van der Waals surface area contributed by atoms with Gasteiger partial charge in [-0.3, -0.25) is 4.79 Å². The van der Waals surface area contributed by atoms with Gasteiger partial charge in [-0.05, 0) is 37.1 Å². The van der Waals surface area contributed by atoms with Gasteiger partial charge in [-0.15, -0.1) is 11.8 Å². The second kappa shape index (κ2) is 8.99. The molecule has 2 N–H and O–H groups in total. The van der Waals surface area contributed by atoms with Crippen molar-refractivity contribution in [1.82, 2.24) is 5.32 Å². The van der Waals surface area contributed by atoms with Gasteiger partial charge in [-0.25, -0.2) is 0 Å². The maximum absolute atomic E-state index is 11.7. The maximum Gasteiger partial charge on any atom is 0.220 e. The number of carbonyl (C=O) groups excluding carboxylic acids is 1. The molecule has 2 unspecified atom stereocenters. The van der Waals surface area contributed by atoms with E-state index < -0.39 is 0 Å². The summed E-state index contributed by atoms with van der Waals surface area (Å²) in [6.07, 6.45) is 1.41. The van der Waals surface area contributed by atoms with E-state index in [2.05, 4.69) is 17.4 Å².